The number of nitrogens with zero attached hydrogens (tertiary/aromatic N) is 1. The third kappa shape index (κ3) is 3.46. The summed E-state index contributed by atoms with van der Waals surface area (Å²) >= 11 is 4.02. The fourth-order valence-corrected chi connectivity index (χ4v) is 4.84. The van der Waals surface area contributed by atoms with E-state index in [1.165, 1.54) is 30.0 Å². The van der Waals surface area contributed by atoms with Crippen LogP contribution in [0.3, 0.4) is 0 Å². The molecule has 0 amide bonds. The highest BCUT2D eigenvalue weighted by Crippen LogP contribution is 2.37. The predicted octanol–water partition coefficient (Wildman–Crippen LogP) is 3.78. The molecule has 1 aliphatic heterocycles. The Balaban J connectivity index is 1.89. The molecule has 0 saturated carbocycles. The van der Waals surface area contributed by atoms with Crippen LogP contribution in [0.4, 0.5) is 0 Å². The molecule has 1 aliphatic rings. The first kappa shape index (κ1) is 14.3. The molecule has 0 saturated heterocycles. The average Bonchev–Trinajstić information content (AvgIpc) is 2.77. The van der Waals surface area contributed by atoms with Gasteiger partial charge >= 0.3 is 0 Å². The Kier molecular flexibility index (Phi) is 5.46. The van der Waals surface area contributed by atoms with Gasteiger partial charge in [0.1, 0.15) is 0 Å². The molecule has 0 fully saturated rings. The van der Waals surface area contributed by atoms with Gasteiger partial charge in [-0.05, 0) is 37.8 Å². The van der Waals surface area contributed by atoms with Gasteiger partial charge in [-0.15, -0.1) is 11.8 Å². The molecule has 0 aliphatic carbocycles. The van der Waals surface area contributed by atoms with Crippen LogP contribution >= 0.6 is 23.5 Å². The first-order valence-corrected chi connectivity index (χ1v) is 8.95. The third-order valence-corrected chi connectivity index (χ3v) is 5.68. The van der Waals surface area contributed by atoms with Gasteiger partial charge in [-0.25, -0.2) is 0 Å². The van der Waals surface area contributed by atoms with Crippen molar-refractivity contribution in [1.82, 2.24) is 4.90 Å². The Bertz CT molecular complexity index is 356. The minimum atomic E-state index is 0.726. The summed E-state index contributed by atoms with van der Waals surface area (Å²) in [4.78, 5) is 4.05. The summed E-state index contributed by atoms with van der Waals surface area (Å²) in [6, 6.07) is 9.58. The number of hydrogen-bond donors (Lipinski definition) is 0. The lowest BCUT2D eigenvalue weighted by atomic mass is 10.1. The van der Waals surface area contributed by atoms with Gasteiger partial charge in [0.25, 0.3) is 0 Å². The van der Waals surface area contributed by atoms with Crippen LogP contribution in [0.2, 0.25) is 0 Å². The Morgan fingerprint density at radius 2 is 2.22 bits per heavy atom. The van der Waals surface area contributed by atoms with Gasteiger partial charge in [-0.3, -0.25) is 0 Å². The quantitative estimate of drug-likeness (QED) is 0.781. The summed E-state index contributed by atoms with van der Waals surface area (Å²) in [6.07, 6.45) is 4.69. The smallest absolute Gasteiger partial charge is 0.0263 e. The van der Waals surface area contributed by atoms with E-state index in [4.69, 9.17) is 0 Å². The van der Waals surface area contributed by atoms with Crippen LogP contribution in [0.25, 0.3) is 0 Å². The topological polar surface area (TPSA) is 3.24 Å². The molecule has 0 radical (unpaired) electrons. The maximum absolute atomic E-state index is 2.56. The van der Waals surface area contributed by atoms with Gasteiger partial charge in [0, 0.05) is 28.5 Å². The molecule has 1 aromatic carbocycles. The van der Waals surface area contributed by atoms with Gasteiger partial charge in [0.05, 0.1) is 0 Å². The molecule has 1 aromatic rings. The Hall–Kier alpha value is -0.120. The summed E-state index contributed by atoms with van der Waals surface area (Å²) in [5.41, 5.74) is 1.54. The van der Waals surface area contributed by atoms with E-state index >= 15 is 0 Å². The van der Waals surface area contributed by atoms with E-state index in [0.717, 1.165) is 11.3 Å². The number of fused-ring (bicyclic) bond motifs is 1. The van der Waals surface area contributed by atoms with E-state index in [2.05, 4.69) is 61.2 Å². The van der Waals surface area contributed by atoms with Gasteiger partial charge < -0.3 is 4.90 Å². The van der Waals surface area contributed by atoms with Crippen LogP contribution in [0.1, 0.15) is 18.9 Å². The molecule has 2 rings (SSSR count). The van der Waals surface area contributed by atoms with Gasteiger partial charge in [0.15, 0.2) is 0 Å². The minimum absolute atomic E-state index is 0.726. The predicted molar refractivity (Wildman–Crippen MR) is 84.9 cm³/mol. The van der Waals surface area contributed by atoms with E-state index in [-0.39, 0.29) is 0 Å². The number of hydrogen-bond acceptors (Lipinski definition) is 3. The van der Waals surface area contributed by atoms with Gasteiger partial charge in [-0.1, -0.05) is 25.1 Å². The Labute approximate surface area is 120 Å². The van der Waals surface area contributed by atoms with Gasteiger partial charge in [-0.2, -0.15) is 11.8 Å². The average molecular weight is 281 g/mol. The highest BCUT2D eigenvalue weighted by Gasteiger charge is 2.24. The zero-order valence-corrected chi connectivity index (χ0v) is 13.2. The monoisotopic (exact) mass is 281 g/mol. The van der Waals surface area contributed by atoms with Crippen molar-refractivity contribution in [3.8, 4) is 0 Å². The molecular weight excluding hydrogens is 258 g/mol. The van der Waals surface area contributed by atoms with E-state index in [9.17, 15) is 0 Å². The summed E-state index contributed by atoms with van der Waals surface area (Å²) in [5.74, 6) is 1.25. The Morgan fingerprint density at radius 3 is 2.89 bits per heavy atom. The lowest BCUT2D eigenvalue weighted by Gasteiger charge is -2.28. The maximum Gasteiger partial charge on any atom is 0.0263 e. The summed E-state index contributed by atoms with van der Waals surface area (Å²) in [6.45, 7) is 3.51. The SMILES string of the molecule is CCC(CSC)N(C)CC1Cc2ccccc2S1. The standard InChI is InChI=1S/C15H23NS2/c1-4-13(11-17-3)16(2)10-14-9-12-7-5-6-8-15(12)18-14/h5-8,13-14H,4,9-11H2,1-3H3. The fraction of sp³-hybridized carbons (Fsp3) is 0.600. The van der Waals surface area contributed by atoms with Crippen molar-refractivity contribution in [2.24, 2.45) is 0 Å². The molecule has 1 nitrogen and oxygen atoms in total. The molecule has 18 heavy (non-hydrogen) atoms. The van der Waals surface area contributed by atoms with Gasteiger partial charge in [0.2, 0.25) is 0 Å². The van der Waals surface area contributed by atoms with E-state index < -0.39 is 0 Å². The number of benzene rings is 1. The molecule has 2 atom stereocenters. The largest absolute Gasteiger partial charge is 0.301 e. The molecule has 3 heteroatoms. The minimum Gasteiger partial charge on any atom is -0.301 e. The van der Waals surface area contributed by atoms with Crippen molar-refractivity contribution in [1.29, 1.82) is 0 Å². The van der Waals surface area contributed by atoms with Crippen molar-refractivity contribution in [2.45, 2.75) is 36.0 Å². The molecule has 0 spiro atoms. The maximum atomic E-state index is 2.56. The zero-order chi connectivity index (χ0) is 13.0. The second-order valence-electron chi connectivity index (χ2n) is 5.01. The van der Waals surface area contributed by atoms with Crippen LogP contribution in [0.5, 0.6) is 0 Å². The first-order chi connectivity index (χ1) is 8.74. The van der Waals surface area contributed by atoms with E-state index in [0.29, 0.717) is 0 Å². The molecule has 100 valence electrons. The van der Waals surface area contributed by atoms with Crippen LogP contribution in [0.15, 0.2) is 29.2 Å². The Morgan fingerprint density at radius 1 is 1.44 bits per heavy atom. The van der Waals surface area contributed by atoms with E-state index in [1.54, 1.807) is 5.56 Å². The third-order valence-electron chi connectivity index (χ3n) is 3.66. The van der Waals surface area contributed by atoms with Crippen LogP contribution < -0.4 is 0 Å². The summed E-state index contributed by atoms with van der Waals surface area (Å²) in [5, 5.41) is 0.739. The second-order valence-corrected chi connectivity index (χ2v) is 7.26. The molecule has 1 heterocycles. The molecule has 0 aromatic heterocycles. The fourth-order valence-electron chi connectivity index (χ4n) is 2.58. The number of rotatable bonds is 6. The van der Waals surface area contributed by atoms with Crippen LogP contribution in [-0.2, 0) is 6.42 Å². The van der Waals surface area contributed by atoms with Crippen LogP contribution in [0, 0.1) is 0 Å². The van der Waals surface area contributed by atoms with E-state index in [1.807, 2.05) is 11.8 Å². The normalized spacial score (nSPS) is 20.1. The summed E-state index contributed by atoms with van der Waals surface area (Å²) in [7, 11) is 2.29. The van der Waals surface area contributed by atoms with Crippen molar-refractivity contribution in [3.05, 3.63) is 29.8 Å². The van der Waals surface area contributed by atoms with Crippen molar-refractivity contribution >= 4 is 23.5 Å². The molecule has 0 bridgehead atoms. The number of thioether (sulfide) groups is 2. The van der Waals surface area contributed by atoms with Crippen molar-refractivity contribution < 1.29 is 0 Å². The van der Waals surface area contributed by atoms with Crippen molar-refractivity contribution in [2.75, 3.05) is 25.6 Å². The molecule has 2 unspecified atom stereocenters. The lowest BCUT2D eigenvalue weighted by molar-refractivity contribution is 0.257. The molecular formula is C15H23NS2. The highest BCUT2D eigenvalue weighted by molar-refractivity contribution is 8.00. The second kappa shape index (κ2) is 6.88. The first-order valence-electron chi connectivity index (χ1n) is 6.68. The highest BCUT2D eigenvalue weighted by atomic mass is 32.2. The molecule has 0 N–H and O–H groups in total. The summed E-state index contributed by atoms with van der Waals surface area (Å²) < 4.78 is 0. The zero-order valence-electron chi connectivity index (χ0n) is 11.6. The lowest BCUT2D eigenvalue weighted by Crippen LogP contribution is -2.37. The van der Waals surface area contributed by atoms with Crippen LogP contribution in [-0.4, -0.2) is 41.8 Å². The van der Waals surface area contributed by atoms with Crippen molar-refractivity contribution in [3.63, 3.8) is 0 Å².